The Kier molecular flexibility index (Phi) is 4.19. The summed E-state index contributed by atoms with van der Waals surface area (Å²) in [6.07, 6.45) is 0. The van der Waals surface area contributed by atoms with Crippen LogP contribution in [-0.4, -0.2) is 26.9 Å². The van der Waals surface area contributed by atoms with Crippen LogP contribution in [0, 0.1) is 0 Å². The van der Waals surface area contributed by atoms with Gasteiger partial charge in [0.05, 0.1) is 0 Å². The number of hydrogen-bond acceptors (Lipinski definition) is 3. The standard InChI is InChI=1S/C10H11NO4S/c11-10(14)8-3-1-2-7(4-8)5-16(15)6-9(12)13/h1-4H,5-6H2,(H2,11,14)(H,12,13). The molecule has 1 atom stereocenters. The normalized spacial score (nSPS) is 12.0. The molecule has 0 saturated carbocycles. The number of aliphatic carboxylic acids is 1. The minimum atomic E-state index is -1.47. The lowest BCUT2D eigenvalue weighted by Gasteiger charge is -2.02. The Labute approximate surface area is 94.7 Å². The molecule has 1 aromatic carbocycles. The van der Waals surface area contributed by atoms with E-state index >= 15 is 0 Å². The van der Waals surface area contributed by atoms with E-state index in [-0.39, 0.29) is 5.75 Å². The number of primary amides is 1. The van der Waals surface area contributed by atoms with Gasteiger partial charge in [-0.05, 0) is 17.7 Å². The predicted molar refractivity (Wildman–Crippen MR) is 59.3 cm³/mol. The fourth-order valence-corrected chi connectivity index (χ4v) is 2.12. The van der Waals surface area contributed by atoms with Gasteiger partial charge in [-0.2, -0.15) is 0 Å². The molecule has 0 spiro atoms. The minimum absolute atomic E-state index is 0.105. The molecule has 0 bridgehead atoms. The monoisotopic (exact) mass is 241 g/mol. The molecule has 1 amide bonds. The van der Waals surface area contributed by atoms with Gasteiger partial charge in [0.15, 0.2) is 0 Å². The zero-order chi connectivity index (χ0) is 12.1. The Morgan fingerprint density at radius 1 is 1.38 bits per heavy atom. The van der Waals surface area contributed by atoms with Gasteiger partial charge in [-0.15, -0.1) is 0 Å². The number of carboxylic acid groups (broad SMARTS) is 1. The zero-order valence-corrected chi connectivity index (χ0v) is 9.20. The van der Waals surface area contributed by atoms with Crippen LogP contribution in [0.4, 0.5) is 0 Å². The molecule has 3 N–H and O–H groups in total. The molecule has 0 heterocycles. The first kappa shape index (κ1) is 12.4. The highest BCUT2D eigenvalue weighted by Crippen LogP contribution is 2.07. The number of amides is 1. The van der Waals surface area contributed by atoms with Gasteiger partial charge in [0, 0.05) is 22.1 Å². The van der Waals surface area contributed by atoms with Crippen molar-refractivity contribution in [3.05, 3.63) is 35.4 Å². The van der Waals surface area contributed by atoms with Crippen LogP contribution in [0.5, 0.6) is 0 Å². The van der Waals surface area contributed by atoms with Crippen LogP contribution in [0.3, 0.4) is 0 Å². The van der Waals surface area contributed by atoms with E-state index in [0.717, 1.165) is 0 Å². The SMILES string of the molecule is NC(=O)c1cccc(CS(=O)CC(=O)O)c1. The van der Waals surface area contributed by atoms with Crippen molar-refractivity contribution in [2.24, 2.45) is 5.73 Å². The van der Waals surface area contributed by atoms with E-state index in [1.54, 1.807) is 18.2 Å². The third-order valence-electron chi connectivity index (χ3n) is 1.82. The van der Waals surface area contributed by atoms with Crippen molar-refractivity contribution in [1.29, 1.82) is 0 Å². The van der Waals surface area contributed by atoms with Gasteiger partial charge < -0.3 is 10.8 Å². The summed E-state index contributed by atoms with van der Waals surface area (Å²) in [6.45, 7) is 0. The van der Waals surface area contributed by atoms with Crippen molar-refractivity contribution in [3.8, 4) is 0 Å². The fourth-order valence-electron chi connectivity index (χ4n) is 1.19. The van der Waals surface area contributed by atoms with Crippen molar-refractivity contribution >= 4 is 22.7 Å². The first-order chi connectivity index (χ1) is 7.49. The van der Waals surface area contributed by atoms with Gasteiger partial charge in [-0.1, -0.05) is 12.1 Å². The third kappa shape index (κ3) is 3.82. The van der Waals surface area contributed by atoms with E-state index in [4.69, 9.17) is 10.8 Å². The summed E-state index contributed by atoms with van der Waals surface area (Å²) in [5.41, 5.74) is 6.04. The average Bonchev–Trinajstić information content (AvgIpc) is 2.16. The first-order valence-corrected chi connectivity index (χ1v) is 5.93. The Bertz CT molecular complexity index is 444. The number of rotatable bonds is 5. The van der Waals surface area contributed by atoms with Crippen molar-refractivity contribution in [1.82, 2.24) is 0 Å². The van der Waals surface area contributed by atoms with Crippen LogP contribution in [0.2, 0.25) is 0 Å². The molecule has 0 fully saturated rings. The molecule has 1 unspecified atom stereocenters. The van der Waals surface area contributed by atoms with E-state index < -0.39 is 28.4 Å². The quantitative estimate of drug-likeness (QED) is 0.765. The number of carbonyl (C=O) groups is 2. The molecule has 1 aromatic rings. The maximum absolute atomic E-state index is 11.3. The molecule has 0 aliphatic heterocycles. The van der Waals surface area contributed by atoms with Crippen LogP contribution < -0.4 is 5.73 Å². The first-order valence-electron chi connectivity index (χ1n) is 4.44. The lowest BCUT2D eigenvalue weighted by atomic mass is 10.1. The highest BCUT2D eigenvalue weighted by Gasteiger charge is 2.08. The molecule has 6 heteroatoms. The van der Waals surface area contributed by atoms with Gasteiger partial charge in [0.1, 0.15) is 5.75 Å². The summed E-state index contributed by atoms with van der Waals surface area (Å²) >= 11 is 0. The molecule has 0 radical (unpaired) electrons. The summed E-state index contributed by atoms with van der Waals surface area (Å²) < 4.78 is 11.3. The molecule has 86 valence electrons. The highest BCUT2D eigenvalue weighted by molar-refractivity contribution is 7.84. The van der Waals surface area contributed by atoms with Crippen molar-refractivity contribution < 1.29 is 18.9 Å². The number of hydrogen-bond donors (Lipinski definition) is 2. The molecule has 5 nitrogen and oxygen atoms in total. The minimum Gasteiger partial charge on any atom is -0.481 e. The Balaban J connectivity index is 2.74. The predicted octanol–water partition coefficient (Wildman–Crippen LogP) is 0.119. The van der Waals surface area contributed by atoms with E-state index in [1.807, 2.05) is 0 Å². The molecule has 0 aliphatic carbocycles. The topological polar surface area (TPSA) is 97.5 Å². The number of carbonyl (C=O) groups excluding carboxylic acids is 1. The number of nitrogens with two attached hydrogens (primary N) is 1. The maximum atomic E-state index is 11.3. The van der Waals surface area contributed by atoms with E-state index in [1.165, 1.54) is 6.07 Å². The number of benzene rings is 1. The second kappa shape index (κ2) is 5.41. The van der Waals surface area contributed by atoms with Crippen LogP contribution in [-0.2, 0) is 21.3 Å². The summed E-state index contributed by atoms with van der Waals surface area (Å²) in [5, 5.41) is 8.44. The van der Waals surface area contributed by atoms with Crippen molar-refractivity contribution in [2.75, 3.05) is 5.75 Å². The zero-order valence-electron chi connectivity index (χ0n) is 8.38. The van der Waals surface area contributed by atoms with Gasteiger partial charge in [-0.25, -0.2) is 0 Å². The van der Waals surface area contributed by atoms with Crippen LogP contribution in [0.15, 0.2) is 24.3 Å². The molecule has 1 rings (SSSR count). The Morgan fingerprint density at radius 3 is 2.62 bits per heavy atom. The fraction of sp³-hybridized carbons (Fsp3) is 0.200. The largest absolute Gasteiger partial charge is 0.481 e. The smallest absolute Gasteiger partial charge is 0.316 e. The summed E-state index contributed by atoms with van der Waals surface area (Å²) in [7, 11) is -1.47. The second-order valence-electron chi connectivity index (χ2n) is 3.19. The van der Waals surface area contributed by atoms with Gasteiger partial charge in [0.25, 0.3) is 0 Å². The second-order valence-corrected chi connectivity index (χ2v) is 4.64. The van der Waals surface area contributed by atoms with Gasteiger partial charge in [0.2, 0.25) is 5.91 Å². The van der Waals surface area contributed by atoms with E-state index in [0.29, 0.717) is 11.1 Å². The lowest BCUT2D eigenvalue weighted by molar-refractivity contribution is -0.133. The van der Waals surface area contributed by atoms with Crippen LogP contribution in [0.25, 0.3) is 0 Å². The van der Waals surface area contributed by atoms with Gasteiger partial charge in [-0.3, -0.25) is 13.8 Å². The van der Waals surface area contributed by atoms with E-state index in [2.05, 4.69) is 0 Å². The molecule has 0 aliphatic rings. The Hall–Kier alpha value is -1.69. The molecule has 0 saturated heterocycles. The van der Waals surface area contributed by atoms with Crippen molar-refractivity contribution in [2.45, 2.75) is 5.75 Å². The summed E-state index contributed by atoms with van der Waals surface area (Å²) in [4.78, 5) is 21.2. The van der Waals surface area contributed by atoms with Crippen LogP contribution >= 0.6 is 0 Å². The maximum Gasteiger partial charge on any atom is 0.316 e. The average molecular weight is 241 g/mol. The van der Waals surface area contributed by atoms with Crippen molar-refractivity contribution in [3.63, 3.8) is 0 Å². The number of carboxylic acids is 1. The summed E-state index contributed by atoms with van der Waals surface area (Å²) in [5.74, 6) is -1.97. The third-order valence-corrected chi connectivity index (χ3v) is 3.05. The van der Waals surface area contributed by atoms with Gasteiger partial charge >= 0.3 is 5.97 Å². The molecule has 0 aromatic heterocycles. The highest BCUT2D eigenvalue weighted by atomic mass is 32.2. The van der Waals surface area contributed by atoms with E-state index in [9.17, 15) is 13.8 Å². The lowest BCUT2D eigenvalue weighted by Crippen LogP contribution is -2.13. The molecular formula is C10H11NO4S. The molecule has 16 heavy (non-hydrogen) atoms. The van der Waals surface area contributed by atoms with Crippen LogP contribution in [0.1, 0.15) is 15.9 Å². The summed E-state index contributed by atoms with van der Waals surface area (Å²) in [6, 6.07) is 6.35. The molecular weight excluding hydrogens is 230 g/mol. The Morgan fingerprint density at radius 2 is 2.06 bits per heavy atom.